The van der Waals surface area contributed by atoms with Crippen LogP contribution in [0.1, 0.15) is 18.1 Å². The maximum Gasteiger partial charge on any atom is 0.419 e. The van der Waals surface area contributed by atoms with Gasteiger partial charge < -0.3 is 9.30 Å². The molecule has 0 saturated heterocycles. The Morgan fingerprint density at radius 3 is 2.15 bits per heavy atom. The lowest BCUT2D eigenvalue weighted by Crippen LogP contribution is -2.38. The Balaban J connectivity index is 1.47. The summed E-state index contributed by atoms with van der Waals surface area (Å²) in [6, 6.07) is 15.2. The van der Waals surface area contributed by atoms with E-state index >= 15 is 0 Å². The van der Waals surface area contributed by atoms with E-state index < -0.39 is 23.4 Å². The van der Waals surface area contributed by atoms with Crippen molar-refractivity contribution in [2.45, 2.75) is 19.6 Å². The van der Waals surface area contributed by atoms with E-state index in [4.69, 9.17) is 4.74 Å². The molecule has 0 fully saturated rings. The zero-order valence-electron chi connectivity index (χ0n) is 19.0. The van der Waals surface area contributed by atoms with Crippen molar-refractivity contribution in [3.8, 4) is 0 Å². The molecule has 1 amide bonds. The molecule has 9 heteroatoms. The van der Waals surface area contributed by atoms with Crippen LogP contribution in [0.3, 0.4) is 0 Å². The lowest BCUT2D eigenvalue weighted by Gasteiger charge is -2.26. The van der Waals surface area contributed by atoms with Gasteiger partial charge in [0, 0.05) is 14.1 Å². The van der Waals surface area contributed by atoms with Crippen molar-refractivity contribution in [1.29, 1.82) is 0 Å². The number of para-hydroxylation sites is 2. The van der Waals surface area contributed by atoms with Gasteiger partial charge in [-0.15, -0.1) is 0 Å². The summed E-state index contributed by atoms with van der Waals surface area (Å²) in [7, 11) is 2.99. The number of carbonyl (C=O) groups is 1. The molecule has 0 radical (unpaired) electrons. The van der Waals surface area contributed by atoms with Crippen molar-refractivity contribution in [2.24, 2.45) is 14.1 Å². The number of hydrogen-bond acceptors (Lipinski definition) is 5. The Kier molecular flexibility index (Phi) is 5.16. The molecule has 172 valence electrons. The number of hydrogen-bond donors (Lipinski definition) is 0. The van der Waals surface area contributed by atoms with E-state index in [1.807, 2.05) is 60.7 Å². The third-order valence-electron chi connectivity index (χ3n) is 5.95. The number of fused-ring (bicyclic) bond motifs is 3. The highest BCUT2D eigenvalue weighted by Crippen LogP contribution is 2.36. The van der Waals surface area contributed by atoms with Crippen molar-refractivity contribution in [3.63, 3.8) is 0 Å². The zero-order valence-corrected chi connectivity index (χ0v) is 19.0. The van der Waals surface area contributed by atoms with E-state index in [-0.39, 0.29) is 17.7 Å². The van der Waals surface area contributed by atoms with Crippen molar-refractivity contribution in [3.05, 3.63) is 86.8 Å². The predicted molar refractivity (Wildman–Crippen MR) is 130 cm³/mol. The van der Waals surface area contributed by atoms with Crippen molar-refractivity contribution < 1.29 is 9.53 Å². The SMILES string of the molecule is CC(Cn1cnc2c1c(=O)n(C)c(=O)n2C)OC(=O)N1c2ccccc2C=Cc2ccccc21. The second-order valence-corrected chi connectivity index (χ2v) is 8.26. The van der Waals surface area contributed by atoms with Gasteiger partial charge in [0.15, 0.2) is 11.2 Å². The smallest absolute Gasteiger partial charge is 0.419 e. The molecule has 1 unspecified atom stereocenters. The molecule has 1 aliphatic heterocycles. The van der Waals surface area contributed by atoms with Crippen LogP contribution >= 0.6 is 0 Å². The Hall–Kier alpha value is -4.40. The molecule has 4 aromatic rings. The van der Waals surface area contributed by atoms with Crippen molar-refractivity contribution >= 4 is 40.8 Å². The summed E-state index contributed by atoms with van der Waals surface area (Å²) in [4.78, 5) is 44.1. The number of amides is 1. The average Bonchev–Trinajstić information content (AvgIpc) is 3.16. The molecule has 2 aromatic heterocycles. The van der Waals surface area contributed by atoms with Gasteiger partial charge in [0.1, 0.15) is 6.10 Å². The number of ether oxygens (including phenoxy) is 1. The van der Waals surface area contributed by atoms with Crippen LogP contribution in [0.25, 0.3) is 23.3 Å². The van der Waals surface area contributed by atoms with Crippen LogP contribution in [0, 0.1) is 0 Å². The van der Waals surface area contributed by atoms with Crippen LogP contribution < -0.4 is 16.1 Å². The van der Waals surface area contributed by atoms with E-state index in [1.54, 1.807) is 23.4 Å². The fourth-order valence-corrected chi connectivity index (χ4v) is 4.24. The largest absolute Gasteiger partial charge is 0.444 e. The average molecular weight is 457 g/mol. The number of rotatable bonds is 3. The minimum atomic E-state index is -0.581. The van der Waals surface area contributed by atoms with Crippen molar-refractivity contribution in [2.75, 3.05) is 4.90 Å². The molecule has 0 aliphatic carbocycles. The number of anilines is 2. The molecule has 0 saturated carbocycles. The normalized spacial score (nSPS) is 13.3. The molecule has 0 bridgehead atoms. The fourth-order valence-electron chi connectivity index (χ4n) is 4.24. The van der Waals surface area contributed by atoms with Gasteiger partial charge in [0.25, 0.3) is 5.56 Å². The number of aromatic nitrogens is 4. The minimum absolute atomic E-state index is 0.199. The van der Waals surface area contributed by atoms with Gasteiger partial charge >= 0.3 is 11.8 Å². The molecular formula is C25H23N5O4. The summed E-state index contributed by atoms with van der Waals surface area (Å²) < 4.78 is 9.81. The molecule has 2 aromatic carbocycles. The highest BCUT2D eigenvalue weighted by molar-refractivity contribution is 6.03. The molecular weight excluding hydrogens is 434 g/mol. The van der Waals surface area contributed by atoms with Gasteiger partial charge in [-0.3, -0.25) is 13.9 Å². The van der Waals surface area contributed by atoms with Crippen LogP contribution in [-0.4, -0.2) is 30.9 Å². The molecule has 1 atom stereocenters. The van der Waals surface area contributed by atoms with Gasteiger partial charge in [0.05, 0.1) is 24.2 Å². The highest BCUT2D eigenvalue weighted by atomic mass is 16.6. The lowest BCUT2D eigenvalue weighted by molar-refractivity contribution is 0.107. The standard InChI is InChI=1S/C25H23N5O4/c1-16(14-29-15-26-22-21(29)23(31)28(3)24(32)27(22)2)34-25(33)30-19-10-6-4-8-17(19)12-13-18-9-5-7-11-20(18)30/h4-13,15-16H,14H2,1-3H3. The number of carbonyl (C=O) groups excluding carboxylic acids is 1. The van der Waals surface area contributed by atoms with E-state index in [2.05, 4.69) is 4.98 Å². The van der Waals surface area contributed by atoms with E-state index in [0.717, 1.165) is 27.1 Å². The first-order valence-corrected chi connectivity index (χ1v) is 10.8. The van der Waals surface area contributed by atoms with Gasteiger partial charge in [0.2, 0.25) is 0 Å². The summed E-state index contributed by atoms with van der Waals surface area (Å²) in [6.45, 7) is 1.95. The molecule has 0 N–H and O–H groups in total. The van der Waals surface area contributed by atoms with Crippen molar-refractivity contribution in [1.82, 2.24) is 18.7 Å². The Bertz CT molecular complexity index is 1530. The Morgan fingerprint density at radius 1 is 0.941 bits per heavy atom. The first-order chi connectivity index (χ1) is 16.4. The van der Waals surface area contributed by atoms with E-state index in [0.29, 0.717) is 0 Å². The fraction of sp³-hybridized carbons (Fsp3) is 0.200. The maximum absolute atomic E-state index is 13.4. The summed E-state index contributed by atoms with van der Waals surface area (Å²) in [5, 5.41) is 0. The topological polar surface area (TPSA) is 91.4 Å². The van der Waals surface area contributed by atoms with Crippen LogP contribution in [0.4, 0.5) is 16.2 Å². The first-order valence-electron chi connectivity index (χ1n) is 10.8. The van der Waals surface area contributed by atoms with Gasteiger partial charge in [-0.2, -0.15) is 0 Å². The van der Waals surface area contributed by atoms with Gasteiger partial charge in [-0.1, -0.05) is 48.6 Å². The Labute approximate surface area is 194 Å². The quantitative estimate of drug-likeness (QED) is 0.471. The lowest BCUT2D eigenvalue weighted by atomic mass is 10.1. The molecule has 34 heavy (non-hydrogen) atoms. The minimum Gasteiger partial charge on any atom is -0.444 e. The summed E-state index contributed by atoms with van der Waals surface area (Å²) in [6.07, 6.45) is 4.32. The van der Waals surface area contributed by atoms with Gasteiger partial charge in [-0.25, -0.2) is 19.5 Å². The molecule has 3 heterocycles. The molecule has 1 aliphatic rings. The number of aryl methyl sites for hydroxylation is 1. The zero-order chi connectivity index (χ0) is 24.0. The highest BCUT2D eigenvalue weighted by Gasteiger charge is 2.27. The third kappa shape index (κ3) is 3.42. The number of benzene rings is 2. The predicted octanol–water partition coefficient (Wildman–Crippen LogP) is 3.28. The summed E-state index contributed by atoms with van der Waals surface area (Å²) in [5.74, 6) is 0. The first kappa shape index (κ1) is 21.4. The Morgan fingerprint density at radius 2 is 1.53 bits per heavy atom. The van der Waals surface area contributed by atoms with E-state index in [9.17, 15) is 14.4 Å². The van der Waals surface area contributed by atoms with Crippen LogP contribution in [0.5, 0.6) is 0 Å². The van der Waals surface area contributed by atoms with E-state index in [1.165, 1.54) is 17.9 Å². The van der Waals surface area contributed by atoms with Crippen LogP contribution in [-0.2, 0) is 25.4 Å². The summed E-state index contributed by atoms with van der Waals surface area (Å²) >= 11 is 0. The van der Waals surface area contributed by atoms with Gasteiger partial charge in [-0.05, 0) is 30.2 Å². The summed E-state index contributed by atoms with van der Waals surface area (Å²) in [5.41, 5.74) is 2.90. The maximum atomic E-state index is 13.4. The molecule has 9 nitrogen and oxygen atoms in total. The third-order valence-corrected chi connectivity index (χ3v) is 5.95. The van der Waals surface area contributed by atoms with Crippen LogP contribution in [0.15, 0.2) is 64.4 Å². The molecule has 5 rings (SSSR count). The molecule has 0 spiro atoms. The number of nitrogens with zero attached hydrogens (tertiary/aromatic N) is 5. The monoisotopic (exact) mass is 457 g/mol. The second kappa shape index (κ2) is 8.18. The van der Waals surface area contributed by atoms with Crippen LogP contribution in [0.2, 0.25) is 0 Å². The second-order valence-electron chi connectivity index (χ2n) is 8.26. The number of imidazole rings is 1.